The van der Waals surface area contributed by atoms with Crippen LogP contribution in [0.2, 0.25) is 0 Å². The van der Waals surface area contributed by atoms with Gasteiger partial charge in [0.15, 0.2) is 11.5 Å². The number of amides is 1. The third kappa shape index (κ3) is 2.39. The molecular formula is C12H16N2O4. The topological polar surface area (TPSA) is 90.8 Å². The molecule has 6 heteroatoms. The summed E-state index contributed by atoms with van der Waals surface area (Å²) in [5.41, 5.74) is 0.0525. The Hall–Kier alpha value is -1.79. The van der Waals surface area contributed by atoms with Crippen molar-refractivity contribution in [3.05, 3.63) is 23.8 Å². The summed E-state index contributed by atoms with van der Waals surface area (Å²) in [6.45, 7) is 1.29. The van der Waals surface area contributed by atoms with Crippen LogP contribution in [0.1, 0.15) is 10.4 Å². The summed E-state index contributed by atoms with van der Waals surface area (Å²) in [5, 5.41) is 24.8. The van der Waals surface area contributed by atoms with Crippen molar-refractivity contribution in [3.63, 3.8) is 0 Å². The van der Waals surface area contributed by atoms with Gasteiger partial charge < -0.3 is 25.6 Å². The summed E-state index contributed by atoms with van der Waals surface area (Å²) >= 11 is 0. The van der Waals surface area contributed by atoms with Gasteiger partial charge in [-0.2, -0.15) is 0 Å². The molecule has 2 rings (SSSR count). The molecule has 98 valence electrons. The maximum Gasteiger partial charge on any atom is 0.255 e. The highest BCUT2D eigenvalue weighted by Gasteiger charge is 2.29. The van der Waals surface area contributed by atoms with Crippen LogP contribution in [0.5, 0.6) is 11.5 Å². The van der Waals surface area contributed by atoms with E-state index < -0.39 is 11.7 Å². The zero-order chi connectivity index (χ0) is 13.1. The first-order chi connectivity index (χ1) is 8.63. The van der Waals surface area contributed by atoms with Crippen LogP contribution in [0.4, 0.5) is 0 Å². The zero-order valence-electron chi connectivity index (χ0n) is 10.0. The van der Waals surface area contributed by atoms with Crippen LogP contribution in [-0.4, -0.2) is 48.5 Å². The van der Waals surface area contributed by atoms with Crippen molar-refractivity contribution in [2.75, 3.05) is 20.2 Å². The maximum atomic E-state index is 12.0. The van der Waals surface area contributed by atoms with Gasteiger partial charge in [0.05, 0.1) is 17.7 Å². The van der Waals surface area contributed by atoms with Crippen LogP contribution in [0, 0.1) is 0 Å². The molecule has 1 fully saturated rings. The molecule has 1 aliphatic rings. The van der Waals surface area contributed by atoms with Crippen LogP contribution in [0.15, 0.2) is 18.2 Å². The van der Waals surface area contributed by atoms with Crippen LogP contribution in [-0.2, 0) is 4.74 Å². The Morgan fingerprint density at radius 1 is 1.44 bits per heavy atom. The van der Waals surface area contributed by atoms with E-state index in [1.807, 2.05) is 0 Å². The fourth-order valence-corrected chi connectivity index (χ4v) is 2.01. The van der Waals surface area contributed by atoms with Gasteiger partial charge in [-0.3, -0.25) is 4.79 Å². The summed E-state index contributed by atoms with van der Waals surface area (Å²) < 4.78 is 5.23. The number of carbonyl (C=O) groups is 1. The number of rotatable bonds is 3. The molecule has 6 nitrogen and oxygen atoms in total. The number of carbonyl (C=O) groups excluding carboxylic acids is 1. The molecule has 18 heavy (non-hydrogen) atoms. The molecule has 0 radical (unpaired) electrons. The Morgan fingerprint density at radius 2 is 2.22 bits per heavy atom. The highest BCUT2D eigenvalue weighted by molar-refractivity contribution is 5.97. The first-order valence-corrected chi connectivity index (χ1v) is 5.68. The van der Waals surface area contributed by atoms with Gasteiger partial charge in [0.25, 0.3) is 5.91 Å². The minimum Gasteiger partial charge on any atom is -0.504 e. The second-order valence-corrected chi connectivity index (χ2v) is 4.19. The summed E-state index contributed by atoms with van der Waals surface area (Å²) in [6.07, 6.45) is -0.0894. The van der Waals surface area contributed by atoms with Crippen molar-refractivity contribution in [1.29, 1.82) is 0 Å². The lowest BCUT2D eigenvalue weighted by molar-refractivity contribution is 0.0777. The van der Waals surface area contributed by atoms with Crippen molar-refractivity contribution >= 4 is 5.91 Å². The van der Waals surface area contributed by atoms with Gasteiger partial charge in [-0.05, 0) is 12.1 Å². The zero-order valence-corrected chi connectivity index (χ0v) is 10.0. The SMILES string of the molecule is CO[C@H]1CNCC1NC(=O)c1cccc(O)c1O. The summed E-state index contributed by atoms with van der Waals surface area (Å²) in [4.78, 5) is 12.0. The van der Waals surface area contributed by atoms with Gasteiger partial charge in [0.1, 0.15) is 0 Å². The molecule has 0 aromatic heterocycles. The number of benzene rings is 1. The molecule has 1 aromatic carbocycles. The van der Waals surface area contributed by atoms with E-state index in [1.165, 1.54) is 18.2 Å². The fraction of sp³-hybridized carbons (Fsp3) is 0.417. The van der Waals surface area contributed by atoms with Crippen molar-refractivity contribution < 1.29 is 19.7 Å². The predicted molar refractivity (Wildman–Crippen MR) is 64.7 cm³/mol. The molecular weight excluding hydrogens is 236 g/mol. The molecule has 4 N–H and O–H groups in total. The normalized spacial score (nSPS) is 22.9. The summed E-state index contributed by atoms with van der Waals surface area (Å²) in [7, 11) is 1.59. The van der Waals surface area contributed by atoms with E-state index in [0.29, 0.717) is 13.1 Å². The molecule has 1 amide bonds. The van der Waals surface area contributed by atoms with Gasteiger partial charge >= 0.3 is 0 Å². The molecule has 2 atom stereocenters. The van der Waals surface area contributed by atoms with Crippen molar-refractivity contribution in [1.82, 2.24) is 10.6 Å². The second kappa shape index (κ2) is 5.24. The number of methoxy groups -OCH3 is 1. The molecule has 1 saturated heterocycles. The van der Waals surface area contributed by atoms with E-state index in [1.54, 1.807) is 7.11 Å². The lowest BCUT2D eigenvalue weighted by Crippen LogP contribution is -2.43. The summed E-state index contributed by atoms with van der Waals surface area (Å²) in [5.74, 6) is -1.15. The van der Waals surface area contributed by atoms with Gasteiger partial charge in [-0.25, -0.2) is 0 Å². The number of phenols is 2. The third-order valence-electron chi connectivity index (χ3n) is 3.04. The van der Waals surface area contributed by atoms with Gasteiger partial charge in [-0.15, -0.1) is 0 Å². The van der Waals surface area contributed by atoms with E-state index in [9.17, 15) is 15.0 Å². The number of hydrogen-bond acceptors (Lipinski definition) is 5. The minimum absolute atomic E-state index is 0.0525. The standard InChI is InChI=1S/C12H16N2O4/c1-18-10-6-13-5-8(10)14-12(17)7-3-2-4-9(15)11(7)16/h2-4,8,10,13,15-16H,5-6H2,1H3,(H,14,17)/t8?,10-/m0/s1. The van der Waals surface area contributed by atoms with Crippen molar-refractivity contribution in [2.24, 2.45) is 0 Å². The Bertz CT molecular complexity index is 450. The Kier molecular flexibility index (Phi) is 3.69. The van der Waals surface area contributed by atoms with Crippen molar-refractivity contribution in [3.8, 4) is 11.5 Å². The number of phenolic OH excluding ortho intramolecular Hbond substituents is 2. The number of para-hydroxylation sites is 1. The van der Waals surface area contributed by atoms with E-state index in [4.69, 9.17) is 4.74 Å². The van der Waals surface area contributed by atoms with Gasteiger partial charge in [0.2, 0.25) is 0 Å². The first kappa shape index (κ1) is 12.7. The quantitative estimate of drug-likeness (QED) is 0.560. The molecule has 0 bridgehead atoms. The smallest absolute Gasteiger partial charge is 0.255 e. The average Bonchev–Trinajstić information content (AvgIpc) is 2.79. The molecule has 1 heterocycles. The minimum atomic E-state index is -0.431. The number of ether oxygens (including phenoxy) is 1. The van der Waals surface area contributed by atoms with Gasteiger partial charge in [-0.1, -0.05) is 6.07 Å². The monoisotopic (exact) mass is 252 g/mol. The molecule has 0 spiro atoms. The van der Waals surface area contributed by atoms with E-state index in [-0.39, 0.29) is 23.5 Å². The van der Waals surface area contributed by atoms with Crippen molar-refractivity contribution in [2.45, 2.75) is 12.1 Å². The summed E-state index contributed by atoms with van der Waals surface area (Å²) in [6, 6.07) is 4.13. The Labute approximate surface area is 105 Å². The lowest BCUT2D eigenvalue weighted by Gasteiger charge is -2.18. The third-order valence-corrected chi connectivity index (χ3v) is 3.04. The molecule has 1 aromatic rings. The Balaban J connectivity index is 2.10. The van der Waals surface area contributed by atoms with Crippen LogP contribution >= 0.6 is 0 Å². The molecule has 0 aliphatic carbocycles. The average molecular weight is 252 g/mol. The largest absolute Gasteiger partial charge is 0.504 e. The van der Waals surface area contributed by atoms with E-state index >= 15 is 0 Å². The number of nitrogens with one attached hydrogen (secondary N) is 2. The fourth-order valence-electron chi connectivity index (χ4n) is 2.01. The first-order valence-electron chi connectivity index (χ1n) is 5.68. The molecule has 0 saturated carbocycles. The molecule has 1 unspecified atom stereocenters. The predicted octanol–water partition coefficient (Wildman–Crippen LogP) is -0.186. The number of aromatic hydroxyl groups is 2. The van der Waals surface area contributed by atoms with Crippen LogP contribution < -0.4 is 10.6 Å². The lowest BCUT2D eigenvalue weighted by atomic mass is 10.1. The van der Waals surface area contributed by atoms with Crippen LogP contribution in [0.25, 0.3) is 0 Å². The van der Waals surface area contributed by atoms with Crippen LogP contribution in [0.3, 0.4) is 0 Å². The number of hydrogen-bond donors (Lipinski definition) is 4. The van der Waals surface area contributed by atoms with Gasteiger partial charge in [0, 0.05) is 20.2 Å². The molecule has 1 aliphatic heterocycles. The van der Waals surface area contributed by atoms with E-state index in [2.05, 4.69) is 10.6 Å². The highest BCUT2D eigenvalue weighted by Crippen LogP contribution is 2.28. The highest BCUT2D eigenvalue weighted by atomic mass is 16.5. The second-order valence-electron chi connectivity index (χ2n) is 4.19. The Morgan fingerprint density at radius 3 is 2.94 bits per heavy atom. The van der Waals surface area contributed by atoms with E-state index in [0.717, 1.165) is 0 Å². The maximum absolute atomic E-state index is 12.0.